The number of aliphatic carboxylic acids is 1. The molecule has 0 spiro atoms. The fraction of sp³-hybridized carbons (Fsp3) is 0.833. The van der Waals surface area contributed by atoms with Gasteiger partial charge >= 0.3 is 5.97 Å². The lowest BCUT2D eigenvalue weighted by Gasteiger charge is -2.26. The molecule has 0 heterocycles. The van der Waals surface area contributed by atoms with Gasteiger partial charge in [0.1, 0.15) is 6.04 Å². The quantitative estimate of drug-likeness (QED) is 0.757. The van der Waals surface area contributed by atoms with Crippen molar-refractivity contribution in [2.45, 2.75) is 52.6 Å². The highest BCUT2D eigenvalue weighted by molar-refractivity contribution is 5.83. The fourth-order valence-electron chi connectivity index (χ4n) is 1.61. The van der Waals surface area contributed by atoms with Crippen LogP contribution in [0.1, 0.15) is 40.5 Å². The third-order valence-corrected chi connectivity index (χ3v) is 2.64. The van der Waals surface area contributed by atoms with Gasteiger partial charge < -0.3 is 15.7 Å². The molecule has 0 bridgehead atoms. The summed E-state index contributed by atoms with van der Waals surface area (Å²) in [6.45, 7) is 7.65. The van der Waals surface area contributed by atoms with Crippen molar-refractivity contribution in [2.75, 3.05) is 7.05 Å². The first-order valence-electron chi connectivity index (χ1n) is 5.78. The lowest BCUT2D eigenvalue weighted by atomic mass is 9.87. The normalized spacial score (nSPS) is 15.2. The summed E-state index contributed by atoms with van der Waals surface area (Å²) < 4.78 is 0. The maximum atomic E-state index is 11.8. The number of carboxylic acids is 1. The first-order chi connectivity index (χ1) is 7.54. The number of nitrogens with two attached hydrogens (primary N) is 1. The first kappa shape index (κ1) is 15.9. The van der Waals surface area contributed by atoms with Gasteiger partial charge in [0.15, 0.2) is 0 Å². The second-order valence-corrected chi connectivity index (χ2v) is 5.75. The van der Waals surface area contributed by atoms with E-state index in [0.29, 0.717) is 0 Å². The van der Waals surface area contributed by atoms with Crippen LogP contribution in [0.25, 0.3) is 0 Å². The van der Waals surface area contributed by atoms with Crippen molar-refractivity contribution < 1.29 is 14.7 Å². The molecule has 0 radical (unpaired) electrons. The molecule has 0 aliphatic rings. The third-order valence-electron chi connectivity index (χ3n) is 2.64. The molecule has 2 atom stereocenters. The maximum absolute atomic E-state index is 11.8. The van der Waals surface area contributed by atoms with Crippen molar-refractivity contribution in [3.63, 3.8) is 0 Å². The molecule has 0 fully saturated rings. The molecule has 5 nitrogen and oxygen atoms in total. The molecule has 100 valence electrons. The topological polar surface area (TPSA) is 83.6 Å². The number of hydrogen-bond donors (Lipinski definition) is 2. The highest BCUT2D eigenvalue weighted by Crippen LogP contribution is 2.21. The second-order valence-electron chi connectivity index (χ2n) is 5.75. The van der Waals surface area contributed by atoms with Crippen molar-refractivity contribution in [1.29, 1.82) is 0 Å². The van der Waals surface area contributed by atoms with E-state index in [-0.39, 0.29) is 23.8 Å². The number of nitrogens with zero attached hydrogens (tertiary/aromatic N) is 1. The molecular weight excluding hydrogens is 220 g/mol. The second kappa shape index (κ2) is 6.00. The molecule has 17 heavy (non-hydrogen) atoms. The standard InChI is InChI=1S/C12H24N2O3/c1-8(11(16)17)14(5)10(15)6-9(13)7-12(2,3)4/h8-9H,6-7,13H2,1-5H3,(H,16,17). The predicted molar refractivity (Wildman–Crippen MR) is 66.5 cm³/mol. The molecule has 0 saturated heterocycles. The highest BCUT2D eigenvalue weighted by atomic mass is 16.4. The van der Waals surface area contributed by atoms with Crippen molar-refractivity contribution >= 4 is 11.9 Å². The van der Waals surface area contributed by atoms with Crippen LogP contribution in [-0.4, -0.2) is 41.0 Å². The Hall–Kier alpha value is -1.10. The van der Waals surface area contributed by atoms with Crippen LogP contribution in [0.3, 0.4) is 0 Å². The molecule has 2 unspecified atom stereocenters. The van der Waals surface area contributed by atoms with Gasteiger partial charge in [0.2, 0.25) is 5.91 Å². The van der Waals surface area contributed by atoms with Crippen LogP contribution in [0.5, 0.6) is 0 Å². The van der Waals surface area contributed by atoms with Gasteiger partial charge in [0.25, 0.3) is 0 Å². The van der Waals surface area contributed by atoms with Gasteiger partial charge in [-0.2, -0.15) is 0 Å². The fourth-order valence-corrected chi connectivity index (χ4v) is 1.61. The van der Waals surface area contributed by atoms with Crippen LogP contribution in [0.4, 0.5) is 0 Å². The summed E-state index contributed by atoms with van der Waals surface area (Å²) >= 11 is 0. The van der Waals surface area contributed by atoms with Gasteiger partial charge in [-0.05, 0) is 18.8 Å². The molecule has 5 heteroatoms. The van der Waals surface area contributed by atoms with Crippen LogP contribution in [-0.2, 0) is 9.59 Å². The summed E-state index contributed by atoms with van der Waals surface area (Å²) in [5.74, 6) is -1.23. The van der Waals surface area contributed by atoms with Crippen molar-refractivity contribution in [2.24, 2.45) is 11.1 Å². The number of amides is 1. The first-order valence-corrected chi connectivity index (χ1v) is 5.78. The van der Waals surface area contributed by atoms with E-state index in [1.54, 1.807) is 0 Å². The van der Waals surface area contributed by atoms with E-state index in [1.165, 1.54) is 18.9 Å². The van der Waals surface area contributed by atoms with Crippen LogP contribution >= 0.6 is 0 Å². The average Bonchev–Trinajstić information content (AvgIpc) is 2.11. The van der Waals surface area contributed by atoms with Crippen LogP contribution in [0, 0.1) is 5.41 Å². The summed E-state index contributed by atoms with van der Waals surface area (Å²) in [6.07, 6.45) is 0.916. The third kappa shape index (κ3) is 6.26. The summed E-state index contributed by atoms with van der Waals surface area (Å²) in [7, 11) is 1.49. The molecule has 0 rings (SSSR count). The van der Waals surface area contributed by atoms with Crippen LogP contribution < -0.4 is 5.73 Å². The summed E-state index contributed by atoms with van der Waals surface area (Å²) in [4.78, 5) is 23.7. The number of carbonyl (C=O) groups excluding carboxylic acids is 1. The molecule has 0 aliphatic heterocycles. The van der Waals surface area contributed by atoms with Gasteiger partial charge in [-0.1, -0.05) is 20.8 Å². The lowest BCUT2D eigenvalue weighted by molar-refractivity contribution is -0.148. The van der Waals surface area contributed by atoms with E-state index in [0.717, 1.165) is 6.42 Å². The zero-order chi connectivity index (χ0) is 13.8. The molecule has 0 aromatic carbocycles. The number of hydrogen-bond acceptors (Lipinski definition) is 3. The van der Waals surface area contributed by atoms with E-state index in [4.69, 9.17) is 10.8 Å². The monoisotopic (exact) mass is 244 g/mol. The molecule has 0 saturated carbocycles. The summed E-state index contributed by atoms with van der Waals surface area (Å²) in [5, 5.41) is 8.80. The Bertz CT molecular complexity index is 284. The molecule has 3 N–H and O–H groups in total. The minimum absolute atomic E-state index is 0.0662. The Morgan fingerprint density at radius 3 is 2.18 bits per heavy atom. The Labute approximate surface area is 103 Å². The molecule has 0 aromatic heterocycles. The number of carboxylic acid groups (broad SMARTS) is 1. The smallest absolute Gasteiger partial charge is 0.326 e. The zero-order valence-corrected chi connectivity index (χ0v) is 11.4. The number of carbonyl (C=O) groups is 2. The number of rotatable bonds is 5. The number of likely N-dealkylation sites (N-methyl/N-ethyl adjacent to an activating group) is 1. The Balaban J connectivity index is 4.30. The largest absolute Gasteiger partial charge is 0.480 e. The average molecular weight is 244 g/mol. The van der Waals surface area contributed by atoms with Gasteiger partial charge in [-0.3, -0.25) is 4.79 Å². The zero-order valence-electron chi connectivity index (χ0n) is 11.4. The lowest BCUT2D eigenvalue weighted by Crippen LogP contribution is -2.43. The molecular formula is C12H24N2O3. The minimum Gasteiger partial charge on any atom is -0.480 e. The van der Waals surface area contributed by atoms with E-state index in [1.807, 2.05) is 0 Å². The minimum atomic E-state index is -1.01. The Kier molecular flexibility index (Phi) is 5.61. The van der Waals surface area contributed by atoms with E-state index in [9.17, 15) is 9.59 Å². The van der Waals surface area contributed by atoms with E-state index < -0.39 is 12.0 Å². The SMILES string of the molecule is CC(C(=O)O)N(C)C(=O)CC(N)CC(C)(C)C. The van der Waals surface area contributed by atoms with E-state index in [2.05, 4.69) is 20.8 Å². The molecule has 0 aliphatic carbocycles. The Morgan fingerprint density at radius 1 is 1.35 bits per heavy atom. The van der Waals surface area contributed by atoms with Gasteiger partial charge in [0.05, 0.1) is 0 Å². The van der Waals surface area contributed by atoms with Gasteiger partial charge in [-0.25, -0.2) is 4.79 Å². The van der Waals surface area contributed by atoms with Crippen molar-refractivity contribution in [1.82, 2.24) is 4.90 Å². The van der Waals surface area contributed by atoms with Crippen LogP contribution in [0.2, 0.25) is 0 Å². The van der Waals surface area contributed by atoms with E-state index >= 15 is 0 Å². The highest BCUT2D eigenvalue weighted by Gasteiger charge is 2.24. The molecule has 1 amide bonds. The summed E-state index contributed by atoms with van der Waals surface area (Å²) in [5.41, 5.74) is 5.95. The predicted octanol–water partition coefficient (Wildman–Crippen LogP) is 1.07. The van der Waals surface area contributed by atoms with Gasteiger partial charge in [-0.15, -0.1) is 0 Å². The van der Waals surface area contributed by atoms with Crippen LogP contribution in [0.15, 0.2) is 0 Å². The molecule has 0 aromatic rings. The maximum Gasteiger partial charge on any atom is 0.326 e. The summed E-state index contributed by atoms with van der Waals surface area (Å²) in [6, 6.07) is -1.05. The Morgan fingerprint density at radius 2 is 1.82 bits per heavy atom. The van der Waals surface area contributed by atoms with Crippen molar-refractivity contribution in [3.05, 3.63) is 0 Å². The van der Waals surface area contributed by atoms with Gasteiger partial charge in [0, 0.05) is 19.5 Å². The van der Waals surface area contributed by atoms with Crippen molar-refractivity contribution in [3.8, 4) is 0 Å².